The molecule has 1 rings (SSSR count). The Hall–Kier alpha value is -0.0800. The summed E-state index contributed by atoms with van der Waals surface area (Å²) in [5, 5.41) is 0. The van der Waals surface area contributed by atoms with E-state index in [1.807, 2.05) is 0 Å². The number of nitrogens with two attached hydrogens (primary N) is 1. The summed E-state index contributed by atoms with van der Waals surface area (Å²) in [4.78, 5) is 0. The molecule has 0 amide bonds. The average molecular weight is 171 g/mol. The van der Waals surface area contributed by atoms with Crippen LogP contribution in [0.4, 0.5) is 0 Å². The summed E-state index contributed by atoms with van der Waals surface area (Å²) < 4.78 is 5.38. The number of hydrogen-bond donors (Lipinski definition) is 1. The van der Waals surface area contributed by atoms with E-state index < -0.39 is 0 Å². The van der Waals surface area contributed by atoms with E-state index in [0.717, 1.165) is 12.3 Å². The Labute approximate surface area is 75.5 Å². The van der Waals surface area contributed by atoms with Crippen molar-refractivity contribution in [3.05, 3.63) is 0 Å². The van der Waals surface area contributed by atoms with Crippen molar-refractivity contribution in [1.82, 2.24) is 0 Å². The van der Waals surface area contributed by atoms with Crippen LogP contribution in [-0.2, 0) is 4.74 Å². The lowest BCUT2D eigenvalue weighted by molar-refractivity contribution is 0.0404. The molecule has 1 aliphatic rings. The van der Waals surface area contributed by atoms with Crippen molar-refractivity contribution >= 4 is 0 Å². The zero-order valence-electron chi connectivity index (χ0n) is 8.42. The highest BCUT2D eigenvalue weighted by molar-refractivity contribution is 4.84. The Balaban J connectivity index is 2.29. The monoisotopic (exact) mass is 171 g/mol. The molecule has 0 aromatic carbocycles. The molecule has 0 aromatic rings. The van der Waals surface area contributed by atoms with Crippen LogP contribution in [0, 0.1) is 11.8 Å². The van der Waals surface area contributed by atoms with E-state index in [2.05, 4.69) is 13.8 Å². The highest BCUT2D eigenvalue weighted by Gasteiger charge is 2.29. The summed E-state index contributed by atoms with van der Waals surface area (Å²) in [5.41, 5.74) is 6.05. The molecule has 0 aliphatic heterocycles. The zero-order chi connectivity index (χ0) is 9.14. The molecule has 1 aliphatic carbocycles. The van der Waals surface area contributed by atoms with Crippen LogP contribution in [0.5, 0.6) is 0 Å². The lowest BCUT2D eigenvalue weighted by atomic mass is 9.96. The maximum absolute atomic E-state index is 6.05. The highest BCUT2D eigenvalue weighted by Crippen LogP contribution is 2.34. The van der Waals surface area contributed by atoms with Crippen LogP contribution in [-0.4, -0.2) is 19.3 Å². The second-order valence-electron chi connectivity index (χ2n) is 4.29. The first kappa shape index (κ1) is 10.0. The van der Waals surface area contributed by atoms with E-state index in [1.54, 1.807) is 7.11 Å². The van der Waals surface area contributed by atoms with E-state index in [4.69, 9.17) is 10.5 Å². The van der Waals surface area contributed by atoms with Crippen LogP contribution in [0.15, 0.2) is 0 Å². The van der Waals surface area contributed by atoms with Crippen LogP contribution >= 0.6 is 0 Å². The minimum atomic E-state index is 0.238. The van der Waals surface area contributed by atoms with Crippen molar-refractivity contribution in [3.63, 3.8) is 0 Å². The molecule has 1 saturated carbocycles. The van der Waals surface area contributed by atoms with E-state index in [0.29, 0.717) is 5.92 Å². The lowest BCUT2D eigenvalue weighted by Gasteiger charge is -2.25. The van der Waals surface area contributed by atoms with Gasteiger partial charge in [-0.05, 0) is 18.3 Å². The predicted octanol–water partition coefficient (Wildman–Crippen LogP) is 1.78. The Morgan fingerprint density at radius 3 is 2.33 bits per heavy atom. The van der Waals surface area contributed by atoms with E-state index >= 15 is 0 Å². The molecule has 2 heteroatoms. The molecular formula is C10H21NO. The maximum Gasteiger partial charge on any atom is 0.0745 e. The molecule has 0 saturated heterocycles. The molecule has 0 bridgehead atoms. The quantitative estimate of drug-likeness (QED) is 0.684. The first-order valence-corrected chi connectivity index (χ1v) is 4.93. The number of hydrogen-bond acceptors (Lipinski definition) is 2. The number of ether oxygens (including phenoxy) is 1. The molecule has 12 heavy (non-hydrogen) atoms. The van der Waals surface area contributed by atoms with Crippen molar-refractivity contribution in [2.75, 3.05) is 7.11 Å². The van der Waals surface area contributed by atoms with Gasteiger partial charge in [0.15, 0.2) is 0 Å². The number of rotatable bonds is 5. The lowest BCUT2D eigenvalue weighted by Crippen LogP contribution is -2.40. The van der Waals surface area contributed by atoms with Crippen molar-refractivity contribution in [3.8, 4) is 0 Å². The van der Waals surface area contributed by atoms with Crippen LogP contribution in [0.2, 0.25) is 0 Å². The first-order chi connectivity index (χ1) is 5.65. The third-order valence-corrected chi connectivity index (χ3v) is 2.65. The van der Waals surface area contributed by atoms with Crippen LogP contribution in [0.3, 0.4) is 0 Å². The molecular weight excluding hydrogens is 150 g/mol. The molecule has 1 fully saturated rings. The van der Waals surface area contributed by atoms with Gasteiger partial charge in [0.25, 0.3) is 0 Å². The number of methoxy groups -OCH3 is 1. The van der Waals surface area contributed by atoms with Crippen LogP contribution in [0.25, 0.3) is 0 Å². The van der Waals surface area contributed by atoms with Crippen molar-refractivity contribution in [2.24, 2.45) is 17.6 Å². The Kier molecular flexibility index (Phi) is 3.53. The fourth-order valence-electron chi connectivity index (χ4n) is 1.81. The average Bonchev–Trinajstić information content (AvgIpc) is 2.71. The van der Waals surface area contributed by atoms with Gasteiger partial charge in [-0.2, -0.15) is 0 Å². The summed E-state index contributed by atoms with van der Waals surface area (Å²) in [6, 6.07) is 0.238. The molecule has 72 valence electrons. The second kappa shape index (κ2) is 4.24. The molecule has 2 unspecified atom stereocenters. The normalized spacial score (nSPS) is 22.8. The van der Waals surface area contributed by atoms with Gasteiger partial charge >= 0.3 is 0 Å². The maximum atomic E-state index is 6.05. The Morgan fingerprint density at radius 2 is 2.00 bits per heavy atom. The van der Waals surface area contributed by atoms with Gasteiger partial charge in [-0.15, -0.1) is 0 Å². The van der Waals surface area contributed by atoms with Gasteiger partial charge in [0, 0.05) is 13.2 Å². The second-order valence-corrected chi connectivity index (χ2v) is 4.29. The molecule has 2 N–H and O–H groups in total. The van der Waals surface area contributed by atoms with Gasteiger partial charge in [0.05, 0.1) is 6.10 Å². The Morgan fingerprint density at radius 1 is 1.42 bits per heavy atom. The van der Waals surface area contributed by atoms with Gasteiger partial charge in [-0.25, -0.2) is 0 Å². The molecule has 0 aromatic heterocycles. The zero-order valence-corrected chi connectivity index (χ0v) is 8.42. The van der Waals surface area contributed by atoms with Gasteiger partial charge < -0.3 is 10.5 Å². The highest BCUT2D eigenvalue weighted by atomic mass is 16.5. The van der Waals surface area contributed by atoms with E-state index in [9.17, 15) is 0 Å². The van der Waals surface area contributed by atoms with Crippen LogP contribution < -0.4 is 5.73 Å². The third kappa shape index (κ3) is 2.76. The molecule has 2 atom stereocenters. The fourth-order valence-corrected chi connectivity index (χ4v) is 1.81. The minimum Gasteiger partial charge on any atom is -0.380 e. The van der Waals surface area contributed by atoms with Gasteiger partial charge in [-0.1, -0.05) is 26.7 Å². The fraction of sp³-hybridized carbons (Fsp3) is 1.00. The van der Waals surface area contributed by atoms with Crippen molar-refractivity contribution in [2.45, 2.75) is 45.3 Å². The molecule has 0 radical (unpaired) electrons. The SMILES string of the molecule is COC(C(C)C)C(N)CC1CC1. The third-order valence-electron chi connectivity index (χ3n) is 2.65. The van der Waals surface area contributed by atoms with Gasteiger partial charge in [0.1, 0.15) is 0 Å². The van der Waals surface area contributed by atoms with E-state index in [-0.39, 0.29) is 12.1 Å². The predicted molar refractivity (Wildman–Crippen MR) is 51.0 cm³/mol. The molecule has 0 spiro atoms. The summed E-state index contributed by atoms with van der Waals surface area (Å²) in [7, 11) is 1.76. The summed E-state index contributed by atoms with van der Waals surface area (Å²) >= 11 is 0. The first-order valence-electron chi connectivity index (χ1n) is 4.93. The van der Waals surface area contributed by atoms with E-state index in [1.165, 1.54) is 12.8 Å². The topological polar surface area (TPSA) is 35.2 Å². The standard InChI is InChI=1S/C10H21NO/c1-7(2)10(12-3)9(11)6-8-4-5-8/h7-10H,4-6,11H2,1-3H3. The van der Waals surface area contributed by atoms with Crippen molar-refractivity contribution < 1.29 is 4.74 Å². The van der Waals surface area contributed by atoms with Gasteiger partial charge in [0.2, 0.25) is 0 Å². The largest absolute Gasteiger partial charge is 0.380 e. The summed E-state index contributed by atoms with van der Waals surface area (Å²) in [6.45, 7) is 4.34. The smallest absolute Gasteiger partial charge is 0.0745 e. The van der Waals surface area contributed by atoms with Crippen molar-refractivity contribution in [1.29, 1.82) is 0 Å². The summed E-state index contributed by atoms with van der Waals surface area (Å²) in [5.74, 6) is 1.43. The molecule has 2 nitrogen and oxygen atoms in total. The van der Waals surface area contributed by atoms with Crippen LogP contribution in [0.1, 0.15) is 33.1 Å². The van der Waals surface area contributed by atoms with Gasteiger partial charge in [-0.3, -0.25) is 0 Å². The molecule has 0 heterocycles. The Bertz CT molecular complexity index is 132. The summed E-state index contributed by atoms with van der Waals surface area (Å²) in [6.07, 6.45) is 4.15. The minimum absolute atomic E-state index is 0.238.